The van der Waals surface area contributed by atoms with E-state index in [0.717, 1.165) is 32.5 Å². The number of carbonyl (C=O) groups excluding carboxylic acids is 2. The zero-order valence-electron chi connectivity index (χ0n) is 15.4. The van der Waals surface area contributed by atoms with Crippen molar-refractivity contribution in [2.75, 3.05) is 40.3 Å². The summed E-state index contributed by atoms with van der Waals surface area (Å²) < 4.78 is 4.66. The highest BCUT2D eigenvalue weighted by Gasteiger charge is 2.23. The Balaban J connectivity index is 1.94. The van der Waals surface area contributed by atoms with Gasteiger partial charge in [-0.1, -0.05) is 30.3 Å². The van der Waals surface area contributed by atoms with E-state index in [4.69, 9.17) is 0 Å². The number of likely N-dealkylation sites (tertiary alicyclic amines) is 1. The Bertz CT molecular complexity index is 547. The maximum Gasteiger partial charge on any atom is 0.306 e. The molecule has 0 aliphatic carbocycles. The van der Waals surface area contributed by atoms with E-state index in [9.17, 15) is 9.59 Å². The maximum absolute atomic E-state index is 12.6. The number of piperidine rings is 1. The molecule has 5 heteroatoms. The topological polar surface area (TPSA) is 49.9 Å². The van der Waals surface area contributed by atoms with Crippen LogP contribution in [0.5, 0.6) is 0 Å². The van der Waals surface area contributed by atoms with Gasteiger partial charge < -0.3 is 14.5 Å². The first-order chi connectivity index (χ1) is 12.1. The molecule has 1 amide bonds. The van der Waals surface area contributed by atoms with Gasteiger partial charge in [-0.25, -0.2) is 0 Å². The fraction of sp³-hybridized carbons (Fsp3) is 0.600. The fourth-order valence-corrected chi connectivity index (χ4v) is 3.43. The normalized spacial score (nSPS) is 17.9. The van der Waals surface area contributed by atoms with E-state index in [-0.39, 0.29) is 24.7 Å². The number of benzene rings is 1. The molecule has 0 bridgehead atoms. The molecule has 1 fully saturated rings. The molecule has 0 aromatic heterocycles. The van der Waals surface area contributed by atoms with E-state index in [1.807, 2.05) is 23.1 Å². The highest BCUT2D eigenvalue weighted by atomic mass is 16.5. The summed E-state index contributed by atoms with van der Waals surface area (Å²) in [6, 6.07) is 10.2. The van der Waals surface area contributed by atoms with Crippen LogP contribution in [0.3, 0.4) is 0 Å². The predicted molar refractivity (Wildman–Crippen MR) is 98.2 cm³/mol. The average molecular weight is 346 g/mol. The number of esters is 1. The molecule has 1 aliphatic rings. The SMILES string of the molecule is COC(=O)CCC(=O)N(CCc1ccccc1)CC1CCCN(C)C1. The first kappa shape index (κ1) is 19.4. The van der Waals surface area contributed by atoms with Crippen molar-refractivity contribution in [3.63, 3.8) is 0 Å². The van der Waals surface area contributed by atoms with Gasteiger partial charge in [0.15, 0.2) is 0 Å². The lowest BCUT2D eigenvalue weighted by Crippen LogP contribution is -2.42. The largest absolute Gasteiger partial charge is 0.469 e. The Morgan fingerprint density at radius 2 is 2.00 bits per heavy atom. The molecule has 1 aromatic carbocycles. The van der Waals surface area contributed by atoms with Gasteiger partial charge in [0.2, 0.25) is 5.91 Å². The Hall–Kier alpha value is -1.88. The minimum Gasteiger partial charge on any atom is -0.469 e. The summed E-state index contributed by atoms with van der Waals surface area (Å²) in [5, 5.41) is 0. The molecule has 0 saturated carbocycles. The molecule has 2 rings (SSSR count). The smallest absolute Gasteiger partial charge is 0.306 e. The van der Waals surface area contributed by atoms with Gasteiger partial charge in [-0.3, -0.25) is 9.59 Å². The fourth-order valence-electron chi connectivity index (χ4n) is 3.43. The van der Waals surface area contributed by atoms with E-state index in [1.54, 1.807) is 0 Å². The number of carbonyl (C=O) groups is 2. The summed E-state index contributed by atoms with van der Waals surface area (Å²) in [6.45, 7) is 3.64. The van der Waals surface area contributed by atoms with Gasteiger partial charge in [-0.05, 0) is 44.3 Å². The molecule has 1 aromatic rings. The number of ether oxygens (including phenoxy) is 1. The second-order valence-corrected chi connectivity index (χ2v) is 6.92. The summed E-state index contributed by atoms with van der Waals surface area (Å²) in [5.41, 5.74) is 1.23. The van der Waals surface area contributed by atoms with Crippen molar-refractivity contribution in [1.82, 2.24) is 9.80 Å². The van der Waals surface area contributed by atoms with Gasteiger partial charge in [0.1, 0.15) is 0 Å². The second-order valence-electron chi connectivity index (χ2n) is 6.92. The second kappa shape index (κ2) is 10.2. The highest BCUT2D eigenvalue weighted by Crippen LogP contribution is 2.17. The summed E-state index contributed by atoms with van der Waals surface area (Å²) >= 11 is 0. The predicted octanol–water partition coefficient (Wildman–Crippen LogP) is 2.35. The number of amides is 1. The Kier molecular flexibility index (Phi) is 7.92. The van der Waals surface area contributed by atoms with Gasteiger partial charge in [-0.15, -0.1) is 0 Å². The molecular weight excluding hydrogens is 316 g/mol. The molecule has 0 N–H and O–H groups in total. The van der Waals surface area contributed by atoms with Crippen LogP contribution in [-0.4, -0.2) is 62.0 Å². The van der Waals surface area contributed by atoms with Crippen molar-refractivity contribution in [2.24, 2.45) is 5.92 Å². The number of hydrogen-bond donors (Lipinski definition) is 0. The van der Waals surface area contributed by atoms with Crippen LogP contribution in [-0.2, 0) is 20.7 Å². The summed E-state index contributed by atoms with van der Waals surface area (Å²) in [7, 11) is 3.50. The van der Waals surface area contributed by atoms with E-state index < -0.39 is 0 Å². The van der Waals surface area contributed by atoms with Crippen molar-refractivity contribution in [2.45, 2.75) is 32.1 Å². The number of nitrogens with zero attached hydrogens (tertiary/aromatic N) is 2. The molecule has 0 radical (unpaired) electrons. The molecule has 1 heterocycles. The van der Waals surface area contributed by atoms with Gasteiger partial charge >= 0.3 is 5.97 Å². The van der Waals surface area contributed by atoms with Crippen molar-refractivity contribution >= 4 is 11.9 Å². The summed E-state index contributed by atoms with van der Waals surface area (Å²) in [4.78, 5) is 28.3. The molecule has 1 aliphatic heterocycles. The quantitative estimate of drug-likeness (QED) is 0.678. The number of hydrogen-bond acceptors (Lipinski definition) is 4. The molecular formula is C20H30N2O3. The van der Waals surface area contributed by atoms with Gasteiger partial charge in [0, 0.05) is 26.1 Å². The maximum atomic E-state index is 12.6. The minimum atomic E-state index is -0.325. The highest BCUT2D eigenvalue weighted by molar-refractivity contribution is 5.81. The van der Waals surface area contributed by atoms with Crippen LogP contribution in [0, 0.1) is 5.92 Å². The van der Waals surface area contributed by atoms with Crippen molar-refractivity contribution in [3.8, 4) is 0 Å². The van der Waals surface area contributed by atoms with Crippen LogP contribution in [0.2, 0.25) is 0 Å². The standard InChI is InChI=1S/C20H30N2O3/c1-21-13-6-9-18(15-21)16-22(19(23)10-11-20(24)25-2)14-12-17-7-4-3-5-8-17/h3-5,7-8,18H,6,9-16H2,1-2H3. The van der Waals surface area contributed by atoms with Crippen LogP contribution < -0.4 is 0 Å². The lowest BCUT2D eigenvalue weighted by Gasteiger charge is -2.34. The molecule has 5 nitrogen and oxygen atoms in total. The minimum absolute atomic E-state index is 0.0505. The monoisotopic (exact) mass is 346 g/mol. The first-order valence-corrected chi connectivity index (χ1v) is 9.15. The third-order valence-corrected chi connectivity index (χ3v) is 4.84. The molecule has 25 heavy (non-hydrogen) atoms. The van der Waals surface area contributed by atoms with Gasteiger partial charge in [0.05, 0.1) is 13.5 Å². The van der Waals surface area contributed by atoms with Crippen LogP contribution in [0.25, 0.3) is 0 Å². The number of methoxy groups -OCH3 is 1. The van der Waals surface area contributed by atoms with Crippen LogP contribution in [0.1, 0.15) is 31.2 Å². The first-order valence-electron chi connectivity index (χ1n) is 9.15. The van der Waals surface area contributed by atoms with E-state index in [1.165, 1.54) is 19.1 Å². The van der Waals surface area contributed by atoms with Crippen molar-refractivity contribution < 1.29 is 14.3 Å². The van der Waals surface area contributed by atoms with E-state index in [0.29, 0.717) is 12.5 Å². The van der Waals surface area contributed by atoms with Crippen molar-refractivity contribution in [1.29, 1.82) is 0 Å². The van der Waals surface area contributed by atoms with Crippen LogP contribution in [0.15, 0.2) is 30.3 Å². The van der Waals surface area contributed by atoms with E-state index in [2.05, 4.69) is 28.8 Å². The van der Waals surface area contributed by atoms with Gasteiger partial charge in [0.25, 0.3) is 0 Å². The van der Waals surface area contributed by atoms with E-state index >= 15 is 0 Å². The summed E-state index contributed by atoms with van der Waals surface area (Å²) in [5.74, 6) is 0.236. The van der Waals surface area contributed by atoms with Crippen LogP contribution in [0.4, 0.5) is 0 Å². The lowest BCUT2D eigenvalue weighted by atomic mass is 9.97. The van der Waals surface area contributed by atoms with Crippen LogP contribution >= 0.6 is 0 Å². The zero-order valence-corrected chi connectivity index (χ0v) is 15.4. The zero-order chi connectivity index (χ0) is 18.1. The molecule has 1 saturated heterocycles. The average Bonchev–Trinajstić information content (AvgIpc) is 2.63. The van der Waals surface area contributed by atoms with Gasteiger partial charge in [-0.2, -0.15) is 0 Å². The molecule has 138 valence electrons. The lowest BCUT2D eigenvalue weighted by molar-refractivity contribution is -0.143. The summed E-state index contributed by atoms with van der Waals surface area (Å²) in [6.07, 6.45) is 3.57. The Morgan fingerprint density at radius 1 is 1.24 bits per heavy atom. The molecule has 0 spiro atoms. The third-order valence-electron chi connectivity index (χ3n) is 4.84. The van der Waals surface area contributed by atoms with Crippen molar-refractivity contribution in [3.05, 3.63) is 35.9 Å². The Morgan fingerprint density at radius 3 is 2.68 bits per heavy atom. The number of rotatable bonds is 8. The third kappa shape index (κ3) is 6.86. The molecule has 1 atom stereocenters. The Labute approximate surface area is 150 Å². The molecule has 1 unspecified atom stereocenters.